The molecule has 0 atom stereocenters. The van der Waals surface area contributed by atoms with Crippen molar-refractivity contribution in [1.82, 2.24) is 5.16 Å². The summed E-state index contributed by atoms with van der Waals surface area (Å²) in [6.07, 6.45) is 0.677. The van der Waals surface area contributed by atoms with Crippen LogP contribution in [0.15, 0.2) is 10.6 Å². The summed E-state index contributed by atoms with van der Waals surface area (Å²) in [6.45, 7) is 1.92. The Morgan fingerprint density at radius 2 is 2.55 bits per heavy atom. The second-order valence-electron chi connectivity index (χ2n) is 2.21. The van der Waals surface area contributed by atoms with Crippen molar-refractivity contribution in [3.63, 3.8) is 0 Å². The number of aryl methyl sites for hydroxylation is 1. The lowest BCUT2D eigenvalue weighted by molar-refractivity contribution is -0.136. The fourth-order valence-electron chi connectivity index (χ4n) is 0.761. The molecule has 1 N–H and O–H groups in total. The van der Waals surface area contributed by atoms with Crippen LogP contribution in [0.5, 0.6) is 0 Å². The maximum absolute atomic E-state index is 10.2. The lowest BCUT2D eigenvalue weighted by atomic mass is 10.2. The summed E-state index contributed by atoms with van der Waals surface area (Å²) in [5.41, 5.74) is 0.481. The molecular weight excluding hydrogens is 146 g/mol. The quantitative estimate of drug-likeness (QED) is 0.703. The van der Waals surface area contributed by atoms with Crippen molar-refractivity contribution in [2.24, 2.45) is 0 Å². The minimum Gasteiger partial charge on any atom is -0.481 e. The van der Waals surface area contributed by atoms with Gasteiger partial charge < -0.3 is 9.63 Å². The predicted molar refractivity (Wildman–Crippen MR) is 37.2 cm³/mol. The van der Waals surface area contributed by atoms with Crippen LogP contribution in [0.4, 0.5) is 0 Å². The Morgan fingerprint density at radius 3 is 3.00 bits per heavy atom. The Morgan fingerprint density at radius 1 is 1.82 bits per heavy atom. The van der Waals surface area contributed by atoms with E-state index in [1.807, 2.05) is 6.92 Å². The highest BCUT2D eigenvalue weighted by Gasteiger charge is 2.05. The van der Waals surface area contributed by atoms with Gasteiger partial charge in [-0.15, -0.1) is 0 Å². The van der Waals surface area contributed by atoms with Crippen LogP contribution in [0.25, 0.3) is 0 Å². The third kappa shape index (κ3) is 2.07. The first-order valence-electron chi connectivity index (χ1n) is 3.38. The zero-order valence-corrected chi connectivity index (χ0v) is 6.20. The summed E-state index contributed by atoms with van der Waals surface area (Å²) in [7, 11) is 0. The Kier molecular flexibility index (Phi) is 2.25. The Hall–Kier alpha value is -1.32. The maximum atomic E-state index is 10.2. The van der Waals surface area contributed by atoms with E-state index in [0.717, 1.165) is 12.2 Å². The third-order valence-electron chi connectivity index (χ3n) is 1.29. The normalized spacial score (nSPS) is 9.91. The van der Waals surface area contributed by atoms with Crippen LogP contribution < -0.4 is 0 Å². The molecule has 0 aliphatic heterocycles. The van der Waals surface area contributed by atoms with Crippen molar-refractivity contribution < 1.29 is 14.4 Å². The number of hydrogen-bond acceptors (Lipinski definition) is 3. The lowest BCUT2D eigenvalue weighted by Gasteiger charge is -1.83. The number of carboxylic acids is 1. The van der Waals surface area contributed by atoms with Crippen molar-refractivity contribution in [3.8, 4) is 0 Å². The molecule has 60 valence electrons. The number of hydrogen-bond donors (Lipinski definition) is 1. The third-order valence-corrected chi connectivity index (χ3v) is 1.29. The fourth-order valence-corrected chi connectivity index (χ4v) is 0.761. The van der Waals surface area contributed by atoms with Crippen molar-refractivity contribution in [3.05, 3.63) is 17.5 Å². The highest BCUT2D eigenvalue weighted by molar-refractivity contribution is 5.69. The Labute approximate surface area is 63.8 Å². The standard InChI is InChI=1S/C7H9NO3/c1-2-6-3-5(8-11-6)4-7(9)10/h3H,2,4H2,1H3,(H,9,10). The molecular formula is C7H9NO3. The van der Waals surface area contributed by atoms with Crippen molar-refractivity contribution in [1.29, 1.82) is 0 Å². The largest absolute Gasteiger partial charge is 0.481 e. The number of carboxylic acid groups (broad SMARTS) is 1. The summed E-state index contributed by atoms with van der Waals surface area (Å²) in [6, 6.07) is 1.66. The topological polar surface area (TPSA) is 63.3 Å². The maximum Gasteiger partial charge on any atom is 0.309 e. The molecule has 0 aliphatic carbocycles. The molecule has 0 bridgehead atoms. The van der Waals surface area contributed by atoms with Crippen molar-refractivity contribution in [2.45, 2.75) is 19.8 Å². The van der Waals surface area contributed by atoms with E-state index in [1.54, 1.807) is 6.07 Å². The van der Waals surface area contributed by atoms with Gasteiger partial charge in [0.1, 0.15) is 5.76 Å². The van der Waals surface area contributed by atoms with Gasteiger partial charge in [0.25, 0.3) is 0 Å². The van der Waals surface area contributed by atoms with E-state index in [1.165, 1.54) is 0 Å². The molecule has 4 heteroatoms. The number of carbonyl (C=O) groups is 1. The second-order valence-corrected chi connectivity index (χ2v) is 2.21. The predicted octanol–water partition coefficient (Wildman–Crippen LogP) is 0.864. The van der Waals surface area contributed by atoms with Crippen LogP contribution in [0, 0.1) is 0 Å². The van der Waals surface area contributed by atoms with Crippen LogP contribution >= 0.6 is 0 Å². The number of nitrogens with zero attached hydrogens (tertiary/aromatic N) is 1. The zero-order chi connectivity index (χ0) is 8.27. The molecule has 1 rings (SSSR count). The van der Waals surface area contributed by atoms with Gasteiger partial charge in [-0.05, 0) is 0 Å². The SMILES string of the molecule is CCc1cc(CC(=O)O)no1. The molecule has 1 aromatic heterocycles. The van der Waals surface area contributed by atoms with Gasteiger partial charge in [-0.3, -0.25) is 4.79 Å². The molecule has 0 saturated carbocycles. The first-order valence-corrected chi connectivity index (χ1v) is 3.38. The highest BCUT2D eigenvalue weighted by Crippen LogP contribution is 2.04. The molecule has 0 amide bonds. The van der Waals surface area contributed by atoms with Gasteiger partial charge in [0.2, 0.25) is 0 Å². The summed E-state index contributed by atoms with van der Waals surface area (Å²) >= 11 is 0. The Bertz CT molecular complexity index is 254. The summed E-state index contributed by atoms with van der Waals surface area (Å²) in [5.74, 6) is -0.165. The summed E-state index contributed by atoms with van der Waals surface area (Å²) < 4.78 is 4.80. The second kappa shape index (κ2) is 3.18. The highest BCUT2D eigenvalue weighted by atomic mass is 16.5. The van der Waals surface area contributed by atoms with Gasteiger partial charge in [0, 0.05) is 12.5 Å². The van der Waals surface area contributed by atoms with Gasteiger partial charge in [0.05, 0.1) is 12.1 Å². The van der Waals surface area contributed by atoms with Crippen molar-refractivity contribution in [2.75, 3.05) is 0 Å². The number of aromatic nitrogens is 1. The van der Waals surface area contributed by atoms with E-state index >= 15 is 0 Å². The van der Waals surface area contributed by atoms with E-state index in [9.17, 15) is 4.79 Å². The van der Waals surface area contributed by atoms with E-state index in [4.69, 9.17) is 9.63 Å². The van der Waals surface area contributed by atoms with Gasteiger partial charge in [0.15, 0.2) is 0 Å². The average Bonchev–Trinajstić information content (AvgIpc) is 2.34. The molecule has 0 fully saturated rings. The minimum atomic E-state index is -0.888. The molecule has 11 heavy (non-hydrogen) atoms. The number of rotatable bonds is 3. The monoisotopic (exact) mass is 155 g/mol. The Balaban J connectivity index is 2.65. The molecule has 0 radical (unpaired) electrons. The van der Waals surface area contributed by atoms with E-state index < -0.39 is 5.97 Å². The molecule has 4 nitrogen and oxygen atoms in total. The van der Waals surface area contributed by atoms with Crippen LogP contribution in [0.1, 0.15) is 18.4 Å². The van der Waals surface area contributed by atoms with Gasteiger partial charge in [-0.2, -0.15) is 0 Å². The first kappa shape index (κ1) is 7.78. The first-order chi connectivity index (χ1) is 5.22. The fraction of sp³-hybridized carbons (Fsp3) is 0.429. The summed E-state index contributed by atoms with van der Waals surface area (Å²) in [5, 5.41) is 11.9. The minimum absolute atomic E-state index is 0.0660. The average molecular weight is 155 g/mol. The molecule has 1 heterocycles. The van der Waals surface area contributed by atoms with Crippen LogP contribution in [0.2, 0.25) is 0 Å². The molecule has 0 saturated heterocycles. The van der Waals surface area contributed by atoms with E-state index in [-0.39, 0.29) is 6.42 Å². The lowest BCUT2D eigenvalue weighted by Crippen LogP contribution is -1.99. The van der Waals surface area contributed by atoms with E-state index in [2.05, 4.69) is 5.16 Å². The molecule has 0 aromatic carbocycles. The smallest absolute Gasteiger partial charge is 0.309 e. The number of aliphatic carboxylic acids is 1. The van der Waals surface area contributed by atoms with Crippen LogP contribution in [0.3, 0.4) is 0 Å². The summed E-state index contributed by atoms with van der Waals surface area (Å²) in [4.78, 5) is 10.2. The van der Waals surface area contributed by atoms with Crippen molar-refractivity contribution >= 4 is 5.97 Å². The molecule has 0 aliphatic rings. The van der Waals surface area contributed by atoms with Crippen LogP contribution in [-0.4, -0.2) is 16.2 Å². The van der Waals surface area contributed by atoms with Gasteiger partial charge >= 0.3 is 5.97 Å². The molecule has 1 aromatic rings. The molecule has 0 unspecified atom stereocenters. The zero-order valence-electron chi connectivity index (χ0n) is 6.20. The van der Waals surface area contributed by atoms with Gasteiger partial charge in [-0.1, -0.05) is 12.1 Å². The van der Waals surface area contributed by atoms with Gasteiger partial charge in [-0.25, -0.2) is 0 Å². The molecule has 0 spiro atoms. The van der Waals surface area contributed by atoms with Crippen LogP contribution in [-0.2, 0) is 17.6 Å². The van der Waals surface area contributed by atoms with E-state index in [0.29, 0.717) is 5.69 Å².